The molecule has 0 aromatic heterocycles. The van der Waals surface area contributed by atoms with Crippen LogP contribution in [-0.2, 0) is 9.59 Å². The maximum Gasteiger partial charge on any atom is 0.249 e. The molecular formula is C14H19N3O3. The van der Waals surface area contributed by atoms with Crippen LogP contribution < -0.4 is 20.7 Å². The number of anilines is 2. The van der Waals surface area contributed by atoms with Gasteiger partial charge < -0.3 is 15.4 Å². The van der Waals surface area contributed by atoms with Crippen molar-refractivity contribution < 1.29 is 14.3 Å². The van der Waals surface area contributed by atoms with E-state index >= 15 is 0 Å². The van der Waals surface area contributed by atoms with Crippen molar-refractivity contribution in [3.63, 3.8) is 0 Å². The monoisotopic (exact) mass is 277 g/mol. The third kappa shape index (κ3) is 3.01. The second-order valence-corrected chi connectivity index (χ2v) is 4.83. The predicted molar refractivity (Wildman–Crippen MR) is 76.6 cm³/mol. The maximum atomic E-state index is 11.7. The van der Waals surface area contributed by atoms with Crippen LogP contribution in [0.3, 0.4) is 0 Å². The molecular weight excluding hydrogens is 258 g/mol. The molecule has 1 aliphatic rings. The molecule has 1 heterocycles. The fourth-order valence-corrected chi connectivity index (χ4v) is 2.10. The van der Waals surface area contributed by atoms with Gasteiger partial charge in [0, 0.05) is 23.5 Å². The summed E-state index contributed by atoms with van der Waals surface area (Å²) in [6.45, 7) is 4.49. The molecule has 3 N–H and O–H groups in total. The lowest BCUT2D eigenvalue weighted by molar-refractivity contribution is -0.132. The van der Waals surface area contributed by atoms with Crippen LogP contribution in [0.2, 0.25) is 0 Å². The highest BCUT2D eigenvalue weighted by molar-refractivity contribution is 6.04. The van der Waals surface area contributed by atoms with Gasteiger partial charge in [-0.25, -0.2) is 0 Å². The van der Waals surface area contributed by atoms with E-state index in [0.717, 1.165) is 6.42 Å². The van der Waals surface area contributed by atoms with Crippen LogP contribution in [0.25, 0.3) is 0 Å². The van der Waals surface area contributed by atoms with E-state index in [1.807, 2.05) is 6.92 Å². The number of rotatable bonds is 4. The Bertz CT molecular complexity index is 530. The van der Waals surface area contributed by atoms with E-state index in [1.54, 1.807) is 30.0 Å². The molecule has 6 heteroatoms. The Morgan fingerprint density at radius 3 is 2.85 bits per heavy atom. The molecule has 0 saturated carbocycles. The SMILES string of the molecule is CCCOc1cc(N)cc(N2CC(=O)NC(=O)C2C)c1. The molecule has 1 saturated heterocycles. The zero-order valence-corrected chi connectivity index (χ0v) is 11.7. The zero-order chi connectivity index (χ0) is 14.7. The lowest BCUT2D eigenvalue weighted by atomic mass is 10.1. The van der Waals surface area contributed by atoms with Gasteiger partial charge in [0.25, 0.3) is 0 Å². The largest absolute Gasteiger partial charge is 0.493 e. The Kier molecular flexibility index (Phi) is 4.12. The fraction of sp³-hybridized carbons (Fsp3) is 0.429. The number of carbonyl (C=O) groups is 2. The highest BCUT2D eigenvalue weighted by atomic mass is 16.5. The number of nitrogen functional groups attached to an aromatic ring is 1. The number of hydrogen-bond acceptors (Lipinski definition) is 5. The first-order valence-corrected chi connectivity index (χ1v) is 6.65. The van der Waals surface area contributed by atoms with E-state index in [0.29, 0.717) is 23.7 Å². The molecule has 1 aromatic rings. The van der Waals surface area contributed by atoms with E-state index in [4.69, 9.17) is 10.5 Å². The highest BCUT2D eigenvalue weighted by Gasteiger charge is 2.30. The van der Waals surface area contributed by atoms with Gasteiger partial charge in [0.1, 0.15) is 11.8 Å². The minimum absolute atomic E-state index is 0.129. The molecule has 0 radical (unpaired) electrons. The number of hydrogen-bond donors (Lipinski definition) is 2. The summed E-state index contributed by atoms with van der Waals surface area (Å²) < 4.78 is 5.56. The van der Waals surface area contributed by atoms with Crippen LogP contribution in [0, 0.1) is 0 Å². The number of nitrogens with two attached hydrogens (primary N) is 1. The number of ether oxygens (including phenoxy) is 1. The van der Waals surface area contributed by atoms with Crippen LogP contribution >= 0.6 is 0 Å². The Morgan fingerprint density at radius 1 is 1.40 bits per heavy atom. The number of piperazine rings is 1. The van der Waals surface area contributed by atoms with Crippen molar-refractivity contribution in [3.05, 3.63) is 18.2 Å². The number of carbonyl (C=O) groups excluding carboxylic acids is 2. The normalized spacial score (nSPS) is 18.9. The van der Waals surface area contributed by atoms with Gasteiger partial charge in [-0.3, -0.25) is 14.9 Å². The summed E-state index contributed by atoms with van der Waals surface area (Å²) in [7, 11) is 0. The summed E-state index contributed by atoms with van der Waals surface area (Å²) in [5.74, 6) is 0.0266. The van der Waals surface area contributed by atoms with Crippen molar-refractivity contribution in [1.29, 1.82) is 0 Å². The Hall–Kier alpha value is -2.24. The summed E-state index contributed by atoms with van der Waals surface area (Å²) in [6, 6.07) is 4.85. The first-order chi connectivity index (χ1) is 9.51. The van der Waals surface area contributed by atoms with Crippen molar-refractivity contribution in [1.82, 2.24) is 5.32 Å². The summed E-state index contributed by atoms with van der Waals surface area (Å²) in [5.41, 5.74) is 7.12. The number of imide groups is 1. The van der Waals surface area contributed by atoms with Crippen LogP contribution in [0.5, 0.6) is 5.75 Å². The van der Waals surface area contributed by atoms with Crippen molar-refractivity contribution >= 4 is 23.2 Å². The van der Waals surface area contributed by atoms with E-state index in [2.05, 4.69) is 5.32 Å². The molecule has 1 aliphatic heterocycles. The molecule has 20 heavy (non-hydrogen) atoms. The van der Waals surface area contributed by atoms with E-state index in [1.165, 1.54) is 0 Å². The molecule has 1 aromatic carbocycles. The molecule has 2 rings (SSSR count). The maximum absolute atomic E-state index is 11.7. The lowest BCUT2D eigenvalue weighted by Crippen LogP contribution is -2.57. The van der Waals surface area contributed by atoms with Gasteiger partial charge in [-0.2, -0.15) is 0 Å². The van der Waals surface area contributed by atoms with E-state index < -0.39 is 6.04 Å². The molecule has 108 valence electrons. The van der Waals surface area contributed by atoms with Crippen LogP contribution in [0.4, 0.5) is 11.4 Å². The first-order valence-electron chi connectivity index (χ1n) is 6.65. The molecule has 1 fully saturated rings. The fourth-order valence-electron chi connectivity index (χ4n) is 2.10. The van der Waals surface area contributed by atoms with Crippen LogP contribution in [0.1, 0.15) is 20.3 Å². The summed E-state index contributed by atoms with van der Waals surface area (Å²) in [5, 5.41) is 2.31. The third-order valence-corrected chi connectivity index (χ3v) is 3.14. The molecule has 1 unspecified atom stereocenters. The number of nitrogens with one attached hydrogen (secondary N) is 1. The molecule has 0 spiro atoms. The van der Waals surface area contributed by atoms with Gasteiger partial charge >= 0.3 is 0 Å². The third-order valence-electron chi connectivity index (χ3n) is 3.14. The van der Waals surface area contributed by atoms with Crippen LogP contribution in [-0.4, -0.2) is 31.0 Å². The van der Waals surface area contributed by atoms with Gasteiger partial charge in [-0.15, -0.1) is 0 Å². The smallest absolute Gasteiger partial charge is 0.249 e. The standard InChI is InChI=1S/C14H19N3O3/c1-3-4-20-12-6-10(15)5-11(7-12)17-8-13(18)16-14(19)9(17)2/h5-7,9H,3-4,8,15H2,1-2H3,(H,16,18,19). The summed E-state index contributed by atoms with van der Waals surface area (Å²) in [6.07, 6.45) is 0.894. The van der Waals surface area contributed by atoms with E-state index in [9.17, 15) is 9.59 Å². The van der Waals surface area contributed by atoms with Crippen LogP contribution in [0.15, 0.2) is 18.2 Å². The van der Waals surface area contributed by atoms with Crippen molar-refractivity contribution in [2.75, 3.05) is 23.8 Å². The summed E-state index contributed by atoms with van der Waals surface area (Å²) >= 11 is 0. The number of amides is 2. The van der Waals surface area contributed by atoms with Crippen molar-refractivity contribution in [2.24, 2.45) is 0 Å². The second-order valence-electron chi connectivity index (χ2n) is 4.83. The van der Waals surface area contributed by atoms with Gasteiger partial charge in [0.05, 0.1) is 13.2 Å². The Morgan fingerprint density at radius 2 is 2.15 bits per heavy atom. The van der Waals surface area contributed by atoms with E-state index in [-0.39, 0.29) is 18.4 Å². The Labute approximate surface area is 117 Å². The highest BCUT2D eigenvalue weighted by Crippen LogP contribution is 2.27. The minimum Gasteiger partial charge on any atom is -0.493 e. The van der Waals surface area contributed by atoms with Gasteiger partial charge in [0.15, 0.2) is 0 Å². The molecule has 0 bridgehead atoms. The average molecular weight is 277 g/mol. The number of nitrogens with zero attached hydrogens (tertiary/aromatic N) is 1. The minimum atomic E-state index is -0.423. The quantitative estimate of drug-likeness (QED) is 0.631. The Balaban J connectivity index is 2.28. The zero-order valence-electron chi connectivity index (χ0n) is 11.7. The summed E-state index contributed by atoms with van der Waals surface area (Å²) in [4.78, 5) is 24.9. The van der Waals surface area contributed by atoms with Crippen molar-refractivity contribution in [3.8, 4) is 5.75 Å². The molecule has 6 nitrogen and oxygen atoms in total. The molecule has 1 atom stereocenters. The first kappa shape index (κ1) is 14.2. The molecule has 2 amide bonds. The number of benzene rings is 1. The predicted octanol–water partition coefficient (Wildman–Crippen LogP) is 0.909. The van der Waals surface area contributed by atoms with Gasteiger partial charge in [0.2, 0.25) is 11.8 Å². The van der Waals surface area contributed by atoms with Gasteiger partial charge in [-0.05, 0) is 19.4 Å². The average Bonchev–Trinajstić information content (AvgIpc) is 2.40. The van der Waals surface area contributed by atoms with Crippen molar-refractivity contribution in [2.45, 2.75) is 26.3 Å². The lowest BCUT2D eigenvalue weighted by Gasteiger charge is -2.33. The molecule has 0 aliphatic carbocycles. The topological polar surface area (TPSA) is 84.7 Å². The second kappa shape index (κ2) is 5.81. The van der Waals surface area contributed by atoms with Gasteiger partial charge in [-0.1, -0.05) is 6.92 Å².